The summed E-state index contributed by atoms with van der Waals surface area (Å²) in [7, 11) is 0. The Balaban J connectivity index is 3.25. The van der Waals surface area contributed by atoms with E-state index in [0.29, 0.717) is 0 Å². The van der Waals surface area contributed by atoms with Crippen LogP contribution in [0.1, 0.15) is 90.9 Å². The predicted octanol–water partition coefficient (Wildman–Crippen LogP) is 4.64. The second-order valence-corrected chi connectivity index (χ2v) is 7.72. The molecule has 0 aromatic carbocycles. The molecule has 0 saturated heterocycles. The van der Waals surface area contributed by atoms with Crippen molar-refractivity contribution in [2.75, 3.05) is 26.2 Å². The van der Waals surface area contributed by atoms with Crippen molar-refractivity contribution in [3.8, 4) is 0 Å². The van der Waals surface area contributed by atoms with Crippen LogP contribution in [0.15, 0.2) is 0 Å². The van der Waals surface area contributed by atoms with Gasteiger partial charge in [0.25, 0.3) is 0 Å². The number of nitrogens with one attached hydrogen (secondary N) is 4. The minimum atomic E-state index is 0.804. The van der Waals surface area contributed by atoms with E-state index < -0.39 is 0 Å². The lowest BCUT2D eigenvalue weighted by molar-refractivity contribution is 0.613. The van der Waals surface area contributed by atoms with Crippen molar-refractivity contribution in [2.24, 2.45) is 0 Å². The van der Waals surface area contributed by atoms with Gasteiger partial charge in [0.1, 0.15) is 0 Å². The Morgan fingerprint density at radius 1 is 0.462 bits per heavy atom. The van der Waals surface area contributed by atoms with Crippen molar-refractivity contribution in [1.82, 2.24) is 21.3 Å². The second kappa shape index (κ2) is 20.7. The Hall–Kier alpha value is -0.620. The summed E-state index contributed by atoms with van der Waals surface area (Å²) in [4.78, 5) is 0. The molecule has 0 heterocycles. The van der Waals surface area contributed by atoms with Crippen LogP contribution in [0.25, 0.3) is 0 Å². The summed E-state index contributed by atoms with van der Waals surface area (Å²) in [5.41, 5.74) is 0. The molecule has 6 heteroatoms. The van der Waals surface area contributed by atoms with Crippen LogP contribution >= 0.6 is 24.4 Å². The molecule has 0 amide bonds. The monoisotopic (exact) mass is 402 g/mol. The largest absolute Gasteiger partial charge is 0.363 e. The molecule has 26 heavy (non-hydrogen) atoms. The van der Waals surface area contributed by atoms with Crippen molar-refractivity contribution in [1.29, 1.82) is 0 Å². The van der Waals surface area contributed by atoms with Crippen LogP contribution in [0, 0.1) is 0 Å². The van der Waals surface area contributed by atoms with E-state index in [9.17, 15) is 0 Å². The third-order valence-electron chi connectivity index (χ3n) is 4.31. The molecule has 0 saturated carbocycles. The standard InChI is InChI=1S/C20H42N4S2/c1-3-5-7-11-15-21-19(25)23-17-13-9-10-14-18-24-20(26)22-16-12-8-6-4-2/h3-18H2,1-2H3,(H2,21,23,25)(H2,22,24,26). The molecule has 0 fully saturated rings. The molecule has 0 unspecified atom stereocenters. The van der Waals surface area contributed by atoms with Gasteiger partial charge in [0.05, 0.1) is 0 Å². The van der Waals surface area contributed by atoms with Gasteiger partial charge in [-0.25, -0.2) is 0 Å². The van der Waals surface area contributed by atoms with Gasteiger partial charge in [-0.1, -0.05) is 65.2 Å². The van der Waals surface area contributed by atoms with Gasteiger partial charge in [0.15, 0.2) is 10.2 Å². The van der Waals surface area contributed by atoms with Gasteiger partial charge in [0.2, 0.25) is 0 Å². The smallest absolute Gasteiger partial charge is 0.166 e. The number of hydrogen-bond acceptors (Lipinski definition) is 2. The van der Waals surface area contributed by atoms with Gasteiger partial charge >= 0.3 is 0 Å². The quantitative estimate of drug-likeness (QED) is 0.210. The molecule has 0 aliphatic rings. The Morgan fingerprint density at radius 3 is 1.00 bits per heavy atom. The number of hydrogen-bond donors (Lipinski definition) is 4. The van der Waals surface area contributed by atoms with E-state index in [1.807, 2.05) is 0 Å². The highest BCUT2D eigenvalue weighted by Gasteiger charge is 1.97. The Morgan fingerprint density at radius 2 is 0.731 bits per heavy atom. The summed E-state index contributed by atoms with van der Waals surface area (Å²) in [6.45, 7) is 8.37. The van der Waals surface area contributed by atoms with Crippen molar-refractivity contribution in [3.05, 3.63) is 0 Å². The van der Waals surface area contributed by atoms with Gasteiger partial charge in [-0.2, -0.15) is 0 Å². The maximum Gasteiger partial charge on any atom is 0.166 e. The fourth-order valence-corrected chi connectivity index (χ4v) is 3.05. The molecule has 0 spiro atoms. The third-order valence-corrected chi connectivity index (χ3v) is 4.88. The molecule has 0 aromatic rings. The van der Waals surface area contributed by atoms with E-state index in [0.717, 1.165) is 49.2 Å². The third kappa shape index (κ3) is 19.7. The average molecular weight is 403 g/mol. The number of thiocarbonyl (C=S) groups is 2. The van der Waals surface area contributed by atoms with Crippen LogP contribution in [0.5, 0.6) is 0 Å². The molecule has 0 atom stereocenters. The fraction of sp³-hybridized carbons (Fsp3) is 0.900. The summed E-state index contributed by atoms with van der Waals surface area (Å²) in [6.07, 6.45) is 15.0. The fourth-order valence-electron chi connectivity index (χ4n) is 2.64. The van der Waals surface area contributed by atoms with E-state index in [-0.39, 0.29) is 0 Å². The zero-order valence-electron chi connectivity index (χ0n) is 17.1. The summed E-state index contributed by atoms with van der Waals surface area (Å²) in [5, 5.41) is 14.8. The summed E-state index contributed by atoms with van der Waals surface area (Å²) < 4.78 is 0. The molecule has 0 aliphatic heterocycles. The molecule has 154 valence electrons. The maximum absolute atomic E-state index is 5.28. The van der Waals surface area contributed by atoms with Crippen molar-refractivity contribution in [3.63, 3.8) is 0 Å². The minimum Gasteiger partial charge on any atom is -0.363 e. The highest BCUT2D eigenvalue weighted by molar-refractivity contribution is 7.80. The van der Waals surface area contributed by atoms with Crippen LogP contribution < -0.4 is 21.3 Å². The van der Waals surface area contributed by atoms with Gasteiger partial charge in [0, 0.05) is 26.2 Å². The van der Waals surface area contributed by atoms with E-state index in [1.165, 1.54) is 64.2 Å². The SMILES string of the molecule is CCCCCCNC(=S)NCCCCCCNC(=S)NCCCCCC. The molecule has 0 rings (SSSR count). The van der Waals surface area contributed by atoms with Crippen molar-refractivity contribution < 1.29 is 0 Å². The average Bonchev–Trinajstić information content (AvgIpc) is 2.63. The summed E-state index contributed by atoms with van der Waals surface area (Å²) in [5.74, 6) is 0. The van der Waals surface area contributed by atoms with E-state index >= 15 is 0 Å². The molecule has 4 N–H and O–H groups in total. The first-order chi connectivity index (χ1) is 12.7. The molecule has 0 bridgehead atoms. The molecule has 0 aromatic heterocycles. The normalized spacial score (nSPS) is 10.4. The molecular weight excluding hydrogens is 360 g/mol. The molecule has 0 aliphatic carbocycles. The van der Waals surface area contributed by atoms with E-state index in [1.54, 1.807) is 0 Å². The number of rotatable bonds is 17. The first-order valence-corrected chi connectivity index (χ1v) is 11.6. The van der Waals surface area contributed by atoms with E-state index in [2.05, 4.69) is 35.1 Å². The molecule has 4 nitrogen and oxygen atoms in total. The summed E-state index contributed by atoms with van der Waals surface area (Å²) >= 11 is 10.6. The van der Waals surface area contributed by atoms with Crippen molar-refractivity contribution in [2.45, 2.75) is 90.9 Å². The van der Waals surface area contributed by atoms with Gasteiger partial charge < -0.3 is 21.3 Å². The molecule has 0 radical (unpaired) electrons. The van der Waals surface area contributed by atoms with Gasteiger partial charge in [-0.3, -0.25) is 0 Å². The zero-order chi connectivity index (χ0) is 19.3. The minimum absolute atomic E-state index is 0.804. The second-order valence-electron chi connectivity index (χ2n) is 6.90. The maximum atomic E-state index is 5.28. The lowest BCUT2D eigenvalue weighted by Gasteiger charge is -2.11. The van der Waals surface area contributed by atoms with Crippen LogP contribution in [0.3, 0.4) is 0 Å². The first-order valence-electron chi connectivity index (χ1n) is 10.7. The van der Waals surface area contributed by atoms with Crippen LogP contribution in [-0.4, -0.2) is 36.4 Å². The Labute approximate surface area is 173 Å². The Kier molecular flexibility index (Phi) is 20.2. The highest BCUT2D eigenvalue weighted by atomic mass is 32.1. The zero-order valence-corrected chi connectivity index (χ0v) is 18.8. The van der Waals surface area contributed by atoms with E-state index in [4.69, 9.17) is 24.4 Å². The van der Waals surface area contributed by atoms with Gasteiger partial charge in [-0.15, -0.1) is 0 Å². The molecular formula is C20H42N4S2. The number of unbranched alkanes of at least 4 members (excludes halogenated alkanes) is 9. The van der Waals surface area contributed by atoms with Crippen molar-refractivity contribution >= 4 is 34.7 Å². The highest BCUT2D eigenvalue weighted by Crippen LogP contribution is 1.99. The predicted molar refractivity (Wildman–Crippen MR) is 124 cm³/mol. The first kappa shape index (κ1) is 25.4. The lowest BCUT2D eigenvalue weighted by Crippen LogP contribution is -2.36. The Bertz CT molecular complexity index is 306. The van der Waals surface area contributed by atoms with Gasteiger partial charge in [-0.05, 0) is 50.1 Å². The topological polar surface area (TPSA) is 48.1 Å². The summed E-state index contributed by atoms with van der Waals surface area (Å²) in [6, 6.07) is 0. The van der Waals surface area contributed by atoms with Crippen LogP contribution in [0.4, 0.5) is 0 Å². The van der Waals surface area contributed by atoms with Crippen LogP contribution in [0.2, 0.25) is 0 Å². The lowest BCUT2D eigenvalue weighted by atomic mass is 10.2. The van der Waals surface area contributed by atoms with Crippen LogP contribution in [-0.2, 0) is 0 Å².